The van der Waals surface area contributed by atoms with Crippen LogP contribution in [0.15, 0.2) is 84.9 Å². The van der Waals surface area contributed by atoms with Gasteiger partial charge < -0.3 is 4.98 Å². The zero-order chi connectivity index (χ0) is 17.8. The molecule has 4 aromatic carbocycles. The molecule has 0 radical (unpaired) electrons. The molecule has 27 heavy (non-hydrogen) atoms. The third-order valence-corrected chi connectivity index (χ3v) is 5.96. The monoisotopic (exact) mass is 345 g/mol. The molecule has 0 spiro atoms. The van der Waals surface area contributed by atoms with Crippen LogP contribution in [0.2, 0.25) is 0 Å². The van der Waals surface area contributed by atoms with Crippen molar-refractivity contribution in [3.8, 4) is 11.1 Å². The molecule has 0 amide bonds. The van der Waals surface area contributed by atoms with Gasteiger partial charge in [0, 0.05) is 16.3 Å². The lowest BCUT2D eigenvalue weighted by molar-refractivity contribution is 1.13. The first-order chi connectivity index (χ1) is 13.4. The Labute approximate surface area is 158 Å². The molecule has 128 valence electrons. The van der Waals surface area contributed by atoms with E-state index in [0.29, 0.717) is 0 Å². The van der Waals surface area contributed by atoms with Gasteiger partial charge in [-0.15, -0.1) is 0 Å². The van der Waals surface area contributed by atoms with Gasteiger partial charge in [-0.2, -0.15) is 0 Å². The van der Waals surface area contributed by atoms with Gasteiger partial charge in [0.1, 0.15) is 0 Å². The average molecular weight is 345 g/mol. The molecule has 1 heteroatoms. The van der Waals surface area contributed by atoms with Crippen molar-refractivity contribution in [1.82, 2.24) is 4.98 Å². The highest BCUT2D eigenvalue weighted by Crippen LogP contribution is 2.39. The van der Waals surface area contributed by atoms with Crippen molar-refractivity contribution in [3.05, 3.63) is 107 Å². The normalized spacial score (nSPS) is 12.4. The number of benzene rings is 4. The second kappa shape index (κ2) is 5.59. The first kappa shape index (κ1) is 14.8. The molecular formula is C26H19N. The third-order valence-electron chi connectivity index (χ3n) is 5.96. The Hall–Kier alpha value is -3.32. The maximum Gasteiger partial charge on any atom is 0.0500 e. The average Bonchev–Trinajstić information content (AvgIpc) is 3.28. The van der Waals surface area contributed by atoms with Crippen LogP contribution in [0.5, 0.6) is 0 Å². The van der Waals surface area contributed by atoms with Crippen molar-refractivity contribution >= 4 is 21.8 Å². The zero-order valence-electron chi connectivity index (χ0n) is 15.0. The SMILES string of the molecule is c1ccc2c(c1)Cc1c(Cc3cccc4c3[nH]c3ccccc34)cccc1-2. The van der Waals surface area contributed by atoms with Gasteiger partial charge in [-0.1, -0.05) is 78.9 Å². The maximum atomic E-state index is 3.65. The Balaban J connectivity index is 1.50. The molecule has 0 bridgehead atoms. The molecule has 6 rings (SSSR count). The third kappa shape index (κ3) is 2.18. The fourth-order valence-electron chi connectivity index (χ4n) is 4.68. The van der Waals surface area contributed by atoms with Crippen LogP contribution in [0.25, 0.3) is 32.9 Å². The molecule has 0 unspecified atom stereocenters. The van der Waals surface area contributed by atoms with E-state index in [4.69, 9.17) is 0 Å². The molecule has 1 N–H and O–H groups in total. The van der Waals surface area contributed by atoms with Crippen molar-refractivity contribution in [2.45, 2.75) is 12.8 Å². The van der Waals surface area contributed by atoms with Crippen molar-refractivity contribution in [2.75, 3.05) is 0 Å². The molecule has 1 aromatic heterocycles. The summed E-state index contributed by atoms with van der Waals surface area (Å²) in [6.45, 7) is 0. The van der Waals surface area contributed by atoms with Crippen molar-refractivity contribution in [2.24, 2.45) is 0 Å². The zero-order valence-corrected chi connectivity index (χ0v) is 15.0. The van der Waals surface area contributed by atoms with Gasteiger partial charge in [-0.05, 0) is 52.3 Å². The maximum absolute atomic E-state index is 3.65. The molecular weight excluding hydrogens is 326 g/mol. The van der Waals surface area contributed by atoms with Gasteiger partial charge in [-0.25, -0.2) is 0 Å². The Kier molecular flexibility index (Phi) is 3.06. The van der Waals surface area contributed by atoms with Crippen LogP contribution in [0.3, 0.4) is 0 Å². The predicted octanol–water partition coefficient (Wildman–Crippen LogP) is 6.48. The summed E-state index contributed by atoms with van der Waals surface area (Å²) >= 11 is 0. The first-order valence-corrected chi connectivity index (χ1v) is 9.56. The lowest BCUT2D eigenvalue weighted by Crippen LogP contribution is -1.95. The molecule has 5 aromatic rings. The summed E-state index contributed by atoms with van der Waals surface area (Å²) in [5.74, 6) is 0. The topological polar surface area (TPSA) is 15.8 Å². The van der Waals surface area contributed by atoms with Crippen molar-refractivity contribution < 1.29 is 0 Å². The Bertz CT molecular complexity index is 1320. The molecule has 0 saturated heterocycles. The number of hydrogen-bond acceptors (Lipinski definition) is 0. The van der Waals surface area contributed by atoms with Crippen LogP contribution in [-0.4, -0.2) is 4.98 Å². The summed E-state index contributed by atoms with van der Waals surface area (Å²) in [6.07, 6.45) is 2.01. The van der Waals surface area contributed by atoms with Crippen LogP contribution in [-0.2, 0) is 12.8 Å². The van der Waals surface area contributed by atoms with Crippen molar-refractivity contribution in [3.63, 3.8) is 0 Å². The molecule has 1 aliphatic rings. The highest BCUT2D eigenvalue weighted by atomic mass is 14.7. The van der Waals surface area contributed by atoms with Gasteiger partial charge in [0.2, 0.25) is 0 Å². The fraction of sp³-hybridized carbons (Fsp3) is 0.0769. The van der Waals surface area contributed by atoms with Crippen LogP contribution in [0.4, 0.5) is 0 Å². The second-order valence-electron chi connectivity index (χ2n) is 7.46. The minimum Gasteiger partial charge on any atom is -0.354 e. The molecule has 0 aliphatic heterocycles. The van der Waals surface area contributed by atoms with E-state index in [1.54, 1.807) is 0 Å². The molecule has 1 heterocycles. The minimum atomic E-state index is 0.960. The van der Waals surface area contributed by atoms with Gasteiger partial charge in [-0.3, -0.25) is 0 Å². The number of hydrogen-bond donors (Lipinski definition) is 1. The summed E-state index contributed by atoms with van der Waals surface area (Å²) in [5, 5.41) is 2.62. The molecule has 1 nitrogen and oxygen atoms in total. The number of fused-ring (bicyclic) bond motifs is 6. The predicted molar refractivity (Wildman–Crippen MR) is 113 cm³/mol. The van der Waals surface area contributed by atoms with Crippen molar-refractivity contribution in [1.29, 1.82) is 0 Å². The van der Waals surface area contributed by atoms with Crippen LogP contribution >= 0.6 is 0 Å². The Morgan fingerprint density at radius 2 is 1.37 bits per heavy atom. The van der Waals surface area contributed by atoms with Gasteiger partial charge in [0.25, 0.3) is 0 Å². The van der Waals surface area contributed by atoms with Crippen LogP contribution < -0.4 is 0 Å². The smallest absolute Gasteiger partial charge is 0.0500 e. The van der Waals surface area contributed by atoms with E-state index in [-0.39, 0.29) is 0 Å². The number of H-pyrrole nitrogens is 1. The number of aromatic amines is 1. The Morgan fingerprint density at radius 1 is 0.630 bits per heavy atom. The van der Waals surface area contributed by atoms with Crippen LogP contribution in [0.1, 0.15) is 22.3 Å². The lowest BCUT2D eigenvalue weighted by Gasteiger charge is -2.10. The quantitative estimate of drug-likeness (QED) is 0.369. The highest BCUT2D eigenvalue weighted by Gasteiger charge is 2.20. The van der Waals surface area contributed by atoms with E-state index in [9.17, 15) is 0 Å². The molecule has 0 fully saturated rings. The Morgan fingerprint density at radius 3 is 2.37 bits per heavy atom. The minimum absolute atomic E-state index is 0.960. The summed E-state index contributed by atoms with van der Waals surface area (Å²) in [4.78, 5) is 3.65. The van der Waals surface area contributed by atoms with Gasteiger partial charge in [0.05, 0.1) is 5.52 Å². The van der Waals surface area contributed by atoms with Gasteiger partial charge in [0.15, 0.2) is 0 Å². The molecule has 0 saturated carbocycles. The number of rotatable bonds is 2. The highest BCUT2D eigenvalue weighted by molar-refractivity contribution is 6.08. The standard InChI is InChI=1S/C26H19N/c1-2-10-20-18(7-1)16-24-17(8-5-12-21(20)24)15-19-9-6-13-23-22-11-3-4-14-25(22)27-26(19)23/h1-14,27H,15-16H2. The first-order valence-electron chi connectivity index (χ1n) is 9.56. The van der Waals surface area contributed by atoms with E-state index < -0.39 is 0 Å². The van der Waals surface area contributed by atoms with E-state index in [1.165, 1.54) is 55.2 Å². The fourth-order valence-corrected chi connectivity index (χ4v) is 4.68. The van der Waals surface area contributed by atoms with E-state index in [1.807, 2.05) is 0 Å². The largest absolute Gasteiger partial charge is 0.354 e. The van der Waals surface area contributed by atoms with E-state index in [0.717, 1.165) is 12.8 Å². The van der Waals surface area contributed by atoms with Gasteiger partial charge >= 0.3 is 0 Å². The number of para-hydroxylation sites is 2. The molecule has 0 atom stereocenters. The van der Waals surface area contributed by atoms with E-state index in [2.05, 4.69) is 89.9 Å². The second-order valence-corrected chi connectivity index (χ2v) is 7.46. The number of nitrogens with one attached hydrogen (secondary N) is 1. The van der Waals surface area contributed by atoms with E-state index >= 15 is 0 Å². The summed E-state index contributed by atoms with van der Waals surface area (Å²) in [6, 6.07) is 30.8. The number of aromatic nitrogens is 1. The summed E-state index contributed by atoms with van der Waals surface area (Å²) in [7, 11) is 0. The summed E-state index contributed by atoms with van der Waals surface area (Å²) < 4.78 is 0. The summed E-state index contributed by atoms with van der Waals surface area (Å²) in [5.41, 5.74) is 11.0. The van der Waals surface area contributed by atoms with Crippen LogP contribution in [0, 0.1) is 0 Å². The lowest BCUT2D eigenvalue weighted by atomic mass is 9.95. The molecule has 1 aliphatic carbocycles.